The molecule has 1 N–H and O–H groups in total. The molecule has 154 valence electrons. The number of esters is 1. The number of pyridine rings is 1. The van der Waals surface area contributed by atoms with Crippen molar-refractivity contribution in [2.75, 3.05) is 11.9 Å². The van der Waals surface area contributed by atoms with Crippen molar-refractivity contribution < 1.29 is 27.8 Å². The van der Waals surface area contributed by atoms with Crippen molar-refractivity contribution >= 4 is 17.6 Å². The van der Waals surface area contributed by atoms with Gasteiger partial charge in [0, 0.05) is 11.3 Å². The van der Waals surface area contributed by atoms with Crippen molar-refractivity contribution in [2.45, 2.75) is 13.5 Å². The molecule has 0 aliphatic rings. The summed E-state index contributed by atoms with van der Waals surface area (Å²) in [5, 5.41) is 2.50. The predicted molar refractivity (Wildman–Crippen MR) is 106 cm³/mol. The minimum absolute atomic E-state index is 0.0312. The molecule has 0 radical (unpaired) electrons. The molecule has 0 unspecified atom stereocenters. The van der Waals surface area contributed by atoms with Crippen molar-refractivity contribution in [3.63, 3.8) is 0 Å². The Morgan fingerprint density at radius 1 is 1.00 bits per heavy atom. The first kappa shape index (κ1) is 20.9. The molecule has 0 atom stereocenters. The Kier molecular flexibility index (Phi) is 6.69. The Hall–Kier alpha value is -3.81. The van der Waals surface area contributed by atoms with Crippen LogP contribution in [0.15, 0.2) is 66.7 Å². The van der Waals surface area contributed by atoms with E-state index in [1.165, 1.54) is 24.3 Å². The third kappa shape index (κ3) is 5.60. The van der Waals surface area contributed by atoms with Gasteiger partial charge in [-0.2, -0.15) is 8.78 Å². The zero-order valence-electron chi connectivity index (χ0n) is 16.0. The molecule has 0 aliphatic carbocycles. The second-order valence-electron chi connectivity index (χ2n) is 6.22. The Morgan fingerprint density at radius 3 is 2.33 bits per heavy atom. The van der Waals surface area contributed by atoms with E-state index >= 15 is 0 Å². The molecule has 8 heteroatoms. The summed E-state index contributed by atoms with van der Waals surface area (Å²) in [6, 6.07) is 18.2. The average molecular weight is 412 g/mol. The van der Waals surface area contributed by atoms with Crippen LogP contribution in [0, 0.1) is 6.92 Å². The Bertz CT molecular complexity index is 1030. The number of aromatic nitrogens is 1. The molecule has 1 aromatic heterocycles. The largest absolute Gasteiger partial charge is 0.452 e. The lowest BCUT2D eigenvalue weighted by atomic mass is 10.1. The maximum Gasteiger partial charge on any atom is 0.387 e. The summed E-state index contributed by atoms with van der Waals surface area (Å²) in [7, 11) is 0. The van der Waals surface area contributed by atoms with E-state index in [4.69, 9.17) is 4.74 Å². The number of hydrogen-bond acceptors (Lipinski definition) is 5. The highest BCUT2D eigenvalue weighted by Gasteiger charge is 2.15. The summed E-state index contributed by atoms with van der Waals surface area (Å²) >= 11 is 0. The number of halogens is 2. The second-order valence-corrected chi connectivity index (χ2v) is 6.22. The number of amides is 1. The van der Waals surface area contributed by atoms with Crippen LogP contribution in [0.3, 0.4) is 0 Å². The Labute approximate surface area is 171 Å². The molecule has 3 aromatic rings. The fraction of sp³-hybridized carbons (Fsp3) is 0.136. The van der Waals surface area contributed by atoms with Gasteiger partial charge in [-0.25, -0.2) is 4.79 Å². The molecule has 1 heterocycles. The number of carbonyl (C=O) groups excluding carboxylic acids is 2. The number of ether oxygens (including phenoxy) is 2. The molecular weight excluding hydrogens is 394 g/mol. The fourth-order valence-electron chi connectivity index (χ4n) is 2.67. The number of rotatable bonds is 7. The standard InChI is InChI=1S/C22H18F2N2O4/c1-14-18(11-12-19(25-14)15-5-3-2-4-6-15)21(28)29-13-20(27)26-16-7-9-17(10-8-16)30-22(23)24/h2-12,22H,13H2,1H3,(H,26,27). The fourth-order valence-corrected chi connectivity index (χ4v) is 2.67. The van der Waals surface area contributed by atoms with Gasteiger partial charge < -0.3 is 14.8 Å². The number of nitrogens with zero attached hydrogens (tertiary/aromatic N) is 1. The number of hydrogen-bond donors (Lipinski definition) is 1. The second kappa shape index (κ2) is 9.60. The van der Waals surface area contributed by atoms with E-state index in [9.17, 15) is 18.4 Å². The molecule has 3 rings (SSSR count). The van der Waals surface area contributed by atoms with Gasteiger partial charge in [0.15, 0.2) is 6.61 Å². The molecule has 0 saturated heterocycles. The Morgan fingerprint density at radius 2 is 1.70 bits per heavy atom. The molecule has 2 aromatic carbocycles. The molecule has 0 spiro atoms. The first-order chi connectivity index (χ1) is 14.4. The lowest BCUT2D eigenvalue weighted by Gasteiger charge is -2.10. The predicted octanol–water partition coefficient (Wildman–Crippen LogP) is 4.45. The van der Waals surface area contributed by atoms with Crippen molar-refractivity contribution in [1.82, 2.24) is 4.98 Å². The van der Waals surface area contributed by atoms with Crippen molar-refractivity contribution in [3.05, 3.63) is 78.0 Å². The smallest absolute Gasteiger partial charge is 0.387 e. The van der Waals surface area contributed by atoms with Crippen LogP contribution in [0.5, 0.6) is 5.75 Å². The summed E-state index contributed by atoms with van der Waals surface area (Å²) in [5.41, 5.74) is 2.74. The lowest BCUT2D eigenvalue weighted by molar-refractivity contribution is -0.119. The zero-order chi connectivity index (χ0) is 21.5. The number of alkyl halides is 2. The molecule has 0 aliphatic heterocycles. The highest BCUT2D eigenvalue weighted by atomic mass is 19.3. The Balaban J connectivity index is 1.55. The van der Waals surface area contributed by atoms with Crippen LogP contribution >= 0.6 is 0 Å². The number of anilines is 1. The van der Waals surface area contributed by atoms with Crippen molar-refractivity contribution in [2.24, 2.45) is 0 Å². The summed E-state index contributed by atoms with van der Waals surface area (Å²) in [6.45, 7) is -1.75. The monoisotopic (exact) mass is 412 g/mol. The highest BCUT2D eigenvalue weighted by molar-refractivity contribution is 5.96. The molecule has 1 amide bonds. The van der Waals surface area contributed by atoms with E-state index in [-0.39, 0.29) is 11.3 Å². The summed E-state index contributed by atoms with van der Waals surface area (Å²) < 4.78 is 33.6. The van der Waals surface area contributed by atoms with E-state index < -0.39 is 25.1 Å². The molecule has 6 nitrogen and oxygen atoms in total. The van der Waals surface area contributed by atoms with E-state index in [0.717, 1.165) is 11.3 Å². The quantitative estimate of drug-likeness (QED) is 0.580. The maximum absolute atomic E-state index is 12.3. The summed E-state index contributed by atoms with van der Waals surface area (Å²) in [4.78, 5) is 28.7. The van der Waals surface area contributed by atoms with Crippen LogP contribution in [0.2, 0.25) is 0 Å². The third-order valence-corrected chi connectivity index (χ3v) is 4.07. The van der Waals surface area contributed by atoms with Gasteiger partial charge in [-0.1, -0.05) is 30.3 Å². The van der Waals surface area contributed by atoms with Gasteiger partial charge in [0.2, 0.25) is 0 Å². The van der Waals surface area contributed by atoms with Crippen molar-refractivity contribution in [3.8, 4) is 17.0 Å². The topological polar surface area (TPSA) is 77.5 Å². The van der Waals surface area contributed by atoms with Gasteiger partial charge in [-0.15, -0.1) is 0 Å². The van der Waals surface area contributed by atoms with Crippen LogP contribution in [0.1, 0.15) is 16.1 Å². The normalized spacial score (nSPS) is 10.5. The maximum atomic E-state index is 12.3. The first-order valence-electron chi connectivity index (χ1n) is 8.97. The van der Waals surface area contributed by atoms with Gasteiger partial charge in [-0.05, 0) is 43.3 Å². The molecule has 0 bridgehead atoms. The third-order valence-electron chi connectivity index (χ3n) is 4.07. The van der Waals surface area contributed by atoms with E-state index in [2.05, 4.69) is 15.0 Å². The van der Waals surface area contributed by atoms with Gasteiger partial charge >= 0.3 is 12.6 Å². The van der Waals surface area contributed by atoms with E-state index in [0.29, 0.717) is 11.4 Å². The number of benzene rings is 2. The van der Waals surface area contributed by atoms with E-state index in [1.54, 1.807) is 19.1 Å². The van der Waals surface area contributed by atoms with Crippen molar-refractivity contribution in [1.29, 1.82) is 0 Å². The number of carbonyl (C=O) groups is 2. The number of aryl methyl sites for hydroxylation is 1. The molecular formula is C22H18F2N2O4. The summed E-state index contributed by atoms with van der Waals surface area (Å²) in [5.74, 6) is -1.27. The molecule has 0 fully saturated rings. The highest BCUT2D eigenvalue weighted by Crippen LogP contribution is 2.20. The van der Waals surface area contributed by atoms with Crippen LogP contribution in [-0.2, 0) is 9.53 Å². The lowest BCUT2D eigenvalue weighted by Crippen LogP contribution is -2.21. The van der Waals surface area contributed by atoms with Crippen LogP contribution in [-0.4, -0.2) is 30.1 Å². The van der Waals surface area contributed by atoms with Gasteiger partial charge in [0.25, 0.3) is 5.91 Å². The van der Waals surface area contributed by atoms with Gasteiger partial charge in [-0.3, -0.25) is 9.78 Å². The van der Waals surface area contributed by atoms with Gasteiger partial charge in [0.05, 0.1) is 17.0 Å². The van der Waals surface area contributed by atoms with Crippen LogP contribution in [0.25, 0.3) is 11.3 Å². The first-order valence-corrected chi connectivity index (χ1v) is 8.97. The minimum Gasteiger partial charge on any atom is -0.452 e. The van der Waals surface area contributed by atoms with E-state index in [1.807, 2.05) is 30.3 Å². The average Bonchev–Trinajstić information content (AvgIpc) is 2.73. The summed E-state index contributed by atoms with van der Waals surface area (Å²) in [6.07, 6.45) is 0. The van der Waals surface area contributed by atoms with Crippen LogP contribution in [0.4, 0.5) is 14.5 Å². The van der Waals surface area contributed by atoms with Gasteiger partial charge in [0.1, 0.15) is 5.75 Å². The zero-order valence-corrected chi connectivity index (χ0v) is 16.0. The molecule has 0 saturated carbocycles. The molecule has 30 heavy (non-hydrogen) atoms. The SMILES string of the molecule is Cc1nc(-c2ccccc2)ccc1C(=O)OCC(=O)Nc1ccc(OC(F)F)cc1. The van der Waals surface area contributed by atoms with Crippen LogP contribution < -0.4 is 10.1 Å². The number of nitrogens with one attached hydrogen (secondary N) is 1. The minimum atomic E-state index is -2.93.